The summed E-state index contributed by atoms with van der Waals surface area (Å²) >= 11 is 0. The van der Waals surface area contributed by atoms with E-state index in [1.807, 2.05) is 0 Å². The number of anilines is 1. The van der Waals surface area contributed by atoms with Gasteiger partial charge in [-0.05, 0) is 18.2 Å². The number of benzene rings is 1. The van der Waals surface area contributed by atoms with Gasteiger partial charge in [0, 0.05) is 19.2 Å². The molecular weight excluding hydrogens is 274 g/mol. The van der Waals surface area contributed by atoms with Crippen molar-refractivity contribution in [1.82, 2.24) is 9.78 Å². The van der Waals surface area contributed by atoms with Crippen LogP contribution in [0, 0.1) is 0 Å². The van der Waals surface area contributed by atoms with E-state index in [2.05, 4.69) is 10.4 Å². The molecule has 0 radical (unpaired) electrons. The molecule has 0 saturated heterocycles. The zero-order chi connectivity index (χ0) is 15.4. The first-order valence-corrected chi connectivity index (χ1v) is 6.13. The normalized spacial score (nSPS) is 10.0. The summed E-state index contributed by atoms with van der Waals surface area (Å²) in [5, 5.41) is 6.56. The Morgan fingerprint density at radius 3 is 2.57 bits per heavy atom. The van der Waals surface area contributed by atoms with E-state index in [9.17, 15) is 9.59 Å². The Morgan fingerprint density at radius 1 is 1.19 bits per heavy atom. The van der Waals surface area contributed by atoms with Crippen LogP contribution in [0.3, 0.4) is 0 Å². The quantitative estimate of drug-likeness (QED) is 0.909. The van der Waals surface area contributed by atoms with Crippen molar-refractivity contribution in [3.63, 3.8) is 0 Å². The second kappa shape index (κ2) is 6.08. The van der Waals surface area contributed by atoms with Gasteiger partial charge in [-0.2, -0.15) is 5.10 Å². The number of ether oxygens (including phenoxy) is 2. The van der Waals surface area contributed by atoms with Gasteiger partial charge in [-0.15, -0.1) is 0 Å². The topological polar surface area (TPSA) is 82.5 Å². The van der Waals surface area contributed by atoms with Gasteiger partial charge in [0.2, 0.25) is 0 Å². The average molecular weight is 289 g/mol. The maximum absolute atomic E-state index is 12.1. The Balaban J connectivity index is 2.26. The number of hydrogen-bond donors (Lipinski definition) is 1. The van der Waals surface area contributed by atoms with Crippen molar-refractivity contribution in [3.8, 4) is 11.5 Å². The van der Waals surface area contributed by atoms with Gasteiger partial charge in [0.1, 0.15) is 17.2 Å². The highest BCUT2D eigenvalue weighted by molar-refractivity contribution is 6.03. The molecule has 2 rings (SSSR count). The number of hydrogen-bond acceptors (Lipinski definition) is 5. The molecule has 0 unspecified atom stereocenters. The molecule has 1 aromatic heterocycles. The van der Waals surface area contributed by atoms with Crippen LogP contribution in [-0.2, 0) is 7.05 Å². The summed E-state index contributed by atoms with van der Waals surface area (Å²) in [6, 6.07) is 7.68. The van der Waals surface area contributed by atoms with Crippen LogP contribution in [0.5, 0.6) is 11.5 Å². The summed E-state index contributed by atoms with van der Waals surface area (Å²) in [5.74, 6) is 0.645. The Bertz CT molecular complexity index is 724. The van der Waals surface area contributed by atoms with Crippen LogP contribution in [0.2, 0.25) is 0 Å². The first-order chi connectivity index (χ1) is 10.0. The lowest BCUT2D eigenvalue weighted by atomic mass is 10.2. The van der Waals surface area contributed by atoms with Crippen LogP contribution < -0.4 is 20.3 Å². The molecule has 21 heavy (non-hydrogen) atoms. The number of amides is 1. The number of aryl methyl sites for hydroxylation is 1. The maximum Gasteiger partial charge on any atom is 0.276 e. The van der Waals surface area contributed by atoms with Crippen molar-refractivity contribution in [1.29, 1.82) is 0 Å². The molecule has 110 valence electrons. The third kappa shape index (κ3) is 3.19. The van der Waals surface area contributed by atoms with E-state index in [1.54, 1.807) is 25.3 Å². The average Bonchev–Trinajstić information content (AvgIpc) is 2.50. The van der Waals surface area contributed by atoms with E-state index in [4.69, 9.17) is 9.47 Å². The molecule has 1 aromatic carbocycles. The number of carbonyl (C=O) groups is 1. The molecule has 0 bridgehead atoms. The van der Waals surface area contributed by atoms with Crippen molar-refractivity contribution >= 4 is 11.6 Å². The van der Waals surface area contributed by atoms with Gasteiger partial charge in [0.15, 0.2) is 0 Å². The van der Waals surface area contributed by atoms with Crippen molar-refractivity contribution in [2.75, 3.05) is 19.5 Å². The molecule has 7 nitrogen and oxygen atoms in total. The predicted octanol–water partition coefficient (Wildman–Crippen LogP) is 1.05. The van der Waals surface area contributed by atoms with E-state index < -0.39 is 5.91 Å². The SMILES string of the molecule is COc1ccc(NC(=O)c2ccc(=O)n(C)n2)c(OC)c1. The summed E-state index contributed by atoms with van der Waals surface area (Å²) in [6.45, 7) is 0. The Kier molecular flexibility index (Phi) is 4.22. The fraction of sp³-hybridized carbons (Fsp3) is 0.214. The van der Waals surface area contributed by atoms with E-state index in [-0.39, 0.29) is 11.3 Å². The van der Waals surface area contributed by atoms with Crippen molar-refractivity contribution in [2.45, 2.75) is 0 Å². The van der Waals surface area contributed by atoms with E-state index in [0.717, 1.165) is 4.68 Å². The summed E-state index contributed by atoms with van der Waals surface area (Å²) < 4.78 is 11.4. The van der Waals surface area contributed by atoms with E-state index >= 15 is 0 Å². The molecule has 1 N–H and O–H groups in total. The minimum absolute atomic E-state index is 0.134. The van der Waals surface area contributed by atoms with Gasteiger partial charge in [0.25, 0.3) is 11.5 Å². The smallest absolute Gasteiger partial charge is 0.276 e. The van der Waals surface area contributed by atoms with E-state index in [1.165, 1.54) is 26.3 Å². The zero-order valence-corrected chi connectivity index (χ0v) is 11.9. The van der Waals surface area contributed by atoms with Gasteiger partial charge in [0.05, 0.1) is 19.9 Å². The van der Waals surface area contributed by atoms with Gasteiger partial charge in [-0.25, -0.2) is 4.68 Å². The van der Waals surface area contributed by atoms with Crippen molar-refractivity contribution in [3.05, 3.63) is 46.4 Å². The number of nitrogens with zero attached hydrogens (tertiary/aromatic N) is 2. The second-order valence-electron chi connectivity index (χ2n) is 4.20. The zero-order valence-electron chi connectivity index (χ0n) is 11.9. The third-order valence-electron chi connectivity index (χ3n) is 2.85. The molecule has 1 amide bonds. The molecule has 0 aliphatic carbocycles. The molecule has 2 aromatic rings. The van der Waals surface area contributed by atoms with Gasteiger partial charge >= 0.3 is 0 Å². The van der Waals surface area contributed by atoms with Crippen LogP contribution >= 0.6 is 0 Å². The molecule has 0 fully saturated rings. The molecular formula is C14H15N3O4. The first-order valence-electron chi connectivity index (χ1n) is 6.13. The lowest BCUT2D eigenvalue weighted by Gasteiger charge is -2.11. The number of rotatable bonds is 4. The highest BCUT2D eigenvalue weighted by atomic mass is 16.5. The molecule has 0 spiro atoms. The summed E-state index contributed by atoms with van der Waals surface area (Å²) in [6.07, 6.45) is 0. The van der Waals surface area contributed by atoms with Gasteiger partial charge in [-0.3, -0.25) is 9.59 Å². The highest BCUT2D eigenvalue weighted by Gasteiger charge is 2.12. The molecule has 7 heteroatoms. The Hall–Kier alpha value is -2.83. The minimum atomic E-state index is -0.436. The summed E-state index contributed by atoms with van der Waals surface area (Å²) in [5.41, 5.74) is 0.336. The first kappa shape index (κ1) is 14.6. The number of nitrogens with one attached hydrogen (secondary N) is 1. The van der Waals surface area contributed by atoms with Crippen LogP contribution in [-0.4, -0.2) is 29.9 Å². The minimum Gasteiger partial charge on any atom is -0.497 e. The Labute approximate surface area is 121 Å². The molecule has 0 saturated carbocycles. The van der Waals surface area contributed by atoms with Crippen LogP contribution in [0.15, 0.2) is 35.1 Å². The van der Waals surface area contributed by atoms with Gasteiger partial charge in [-0.1, -0.05) is 0 Å². The second-order valence-corrected chi connectivity index (χ2v) is 4.20. The summed E-state index contributed by atoms with van der Waals surface area (Å²) in [7, 11) is 4.52. The molecule has 0 aliphatic heterocycles. The van der Waals surface area contributed by atoms with Crippen LogP contribution in [0.1, 0.15) is 10.5 Å². The third-order valence-corrected chi connectivity index (χ3v) is 2.85. The number of carbonyl (C=O) groups excluding carboxylic acids is 1. The van der Waals surface area contributed by atoms with Crippen molar-refractivity contribution < 1.29 is 14.3 Å². The monoisotopic (exact) mass is 289 g/mol. The maximum atomic E-state index is 12.1. The predicted molar refractivity (Wildman–Crippen MR) is 77.0 cm³/mol. The Morgan fingerprint density at radius 2 is 1.95 bits per heavy atom. The molecule has 0 aliphatic rings. The van der Waals surface area contributed by atoms with Crippen molar-refractivity contribution in [2.24, 2.45) is 7.05 Å². The fourth-order valence-electron chi connectivity index (χ4n) is 1.71. The summed E-state index contributed by atoms with van der Waals surface area (Å²) in [4.78, 5) is 23.4. The number of aromatic nitrogens is 2. The lowest BCUT2D eigenvalue weighted by Crippen LogP contribution is -2.23. The van der Waals surface area contributed by atoms with Crippen LogP contribution in [0.25, 0.3) is 0 Å². The standard InChI is InChI=1S/C14H15N3O4/c1-17-13(18)7-6-11(16-17)14(19)15-10-5-4-9(20-2)8-12(10)21-3/h4-8H,1-3H3,(H,15,19). The highest BCUT2D eigenvalue weighted by Crippen LogP contribution is 2.29. The molecule has 1 heterocycles. The number of methoxy groups -OCH3 is 2. The van der Waals surface area contributed by atoms with Gasteiger partial charge < -0.3 is 14.8 Å². The van der Waals surface area contributed by atoms with Crippen LogP contribution in [0.4, 0.5) is 5.69 Å². The fourth-order valence-corrected chi connectivity index (χ4v) is 1.71. The largest absolute Gasteiger partial charge is 0.497 e. The lowest BCUT2D eigenvalue weighted by molar-refractivity contribution is 0.101. The molecule has 0 atom stereocenters. The van der Waals surface area contributed by atoms with E-state index in [0.29, 0.717) is 17.2 Å².